The van der Waals surface area contributed by atoms with Gasteiger partial charge in [0.2, 0.25) is 5.91 Å². The number of methoxy groups -OCH3 is 2. The Kier molecular flexibility index (Phi) is 8.08. The number of carbonyl (C=O) groups is 1. The number of rotatable bonds is 9. The molecule has 0 unspecified atom stereocenters. The van der Waals surface area contributed by atoms with Gasteiger partial charge in [-0.2, -0.15) is 0 Å². The Morgan fingerprint density at radius 3 is 2.87 bits per heavy atom. The summed E-state index contributed by atoms with van der Waals surface area (Å²) in [7, 11) is 3.25. The summed E-state index contributed by atoms with van der Waals surface area (Å²) >= 11 is 0. The molecule has 0 spiro atoms. The molecule has 1 fully saturated rings. The molecule has 30 heavy (non-hydrogen) atoms. The van der Waals surface area contributed by atoms with E-state index in [0.717, 1.165) is 54.5 Å². The van der Waals surface area contributed by atoms with Gasteiger partial charge >= 0.3 is 0 Å². The molecule has 0 bridgehead atoms. The molecule has 1 atom stereocenters. The molecule has 1 N–H and O–H groups in total. The average Bonchev–Trinajstić information content (AvgIpc) is 2.76. The van der Waals surface area contributed by atoms with Crippen LogP contribution in [0.4, 0.5) is 0 Å². The number of piperidine rings is 1. The van der Waals surface area contributed by atoms with Gasteiger partial charge in [0.15, 0.2) is 0 Å². The van der Waals surface area contributed by atoms with Gasteiger partial charge in [-0.3, -0.25) is 14.7 Å². The number of carbonyl (C=O) groups excluding carboxylic acids is 1. The standard InChI is InChI=1S/C24H33N3O3/c1-18-6-4-8-21(26-18)17-27-13-5-7-19(16-27)9-12-24(28)25-15-20-10-11-22(29-2)14-23(20)30-3/h4,6,8,10-11,14,19H,5,7,9,12-13,15-17H2,1-3H3,(H,25,28)/t19-/m1/s1. The summed E-state index contributed by atoms with van der Waals surface area (Å²) < 4.78 is 10.6. The van der Waals surface area contributed by atoms with Crippen LogP contribution in [0.25, 0.3) is 0 Å². The van der Waals surface area contributed by atoms with Crippen molar-refractivity contribution in [1.29, 1.82) is 0 Å². The van der Waals surface area contributed by atoms with E-state index in [1.807, 2.05) is 31.2 Å². The summed E-state index contributed by atoms with van der Waals surface area (Å²) in [5.74, 6) is 2.11. The van der Waals surface area contributed by atoms with Gasteiger partial charge in [0.1, 0.15) is 11.5 Å². The third-order valence-electron chi connectivity index (χ3n) is 5.68. The molecule has 3 rings (SSSR count). The van der Waals surface area contributed by atoms with Gasteiger partial charge in [0.25, 0.3) is 0 Å². The number of nitrogens with zero attached hydrogens (tertiary/aromatic N) is 2. The molecule has 1 aromatic carbocycles. The summed E-state index contributed by atoms with van der Waals surface area (Å²) in [6.45, 7) is 5.52. The van der Waals surface area contributed by atoms with Gasteiger partial charge in [0, 0.05) is 43.4 Å². The first-order valence-corrected chi connectivity index (χ1v) is 10.7. The summed E-state index contributed by atoms with van der Waals surface area (Å²) in [4.78, 5) is 19.5. The maximum absolute atomic E-state index is 12.4. The number of ether oxygens (including phenoxy) is 2. The largest absolute Gasteiger partial charge is 0.497 e. The number of likely N-dealkylation sites (tertiary alicyclic amines) is 1. The molecule has 1 amide bonds. The fraction of sp³-hybridized carbons (Fsp3) is 0.500. The number of aromatic nitrogens is 1. The molecule has 6 heteroatoms. The van der Waals surface area contributed by atoms with Crippen molar-refractivity contribution in [3.8, 4) is 11.5 Å². The highest BCUT2D eigenvalue weighted by Crippen LogP contribution is 2.25. The number of aryl methyl sites for hydroxylation is 1. The van der Waals surface area contributed by atoms with Gasteiger partial charge in [0.05, 0.1) is 19.9 Å². The van der Waals surface area contributed by atoms with Crippen LogP contribution in [0.5, 0.6) is 11.5 Å². The Morgan fingerprint density at radius 2 is 2.10 bits per heavy atom. The van der Waals surface area contributed by atoms with Crippen molar-refractivity contribution in [3.05, 3.63) is 53.3 Å². The first-order valence-electron chi connectivity index (χ1n) is 10.7. The summed E-state index contributed by atoms with van der Waals surface area (Å²) in [5, 5.41) is 3.02. The second-order valence-corrected chi connectivity index (χ2v) is 8.01. The minimum absolute atomic E-state index is 0.0883. The van der Waals surface area contributed by atoms with Crippen molar-refractivity contribution in [3.63, 3.8) is 0 Å². The molecular formula is C24H33N3O3. The number of hydrogen-bond donors (Lipinski definition) is 1. The first-order chi connectivity index (χ1) is 14.6. The van der Waals surface area contributed by atoms with Crippen molar-refractivity contribution < 1.29 is 14.3 Å². The third-order valence-corrected chi connectivity index (χ3v) is 5.68. The smallest absolute Gasteiger partial charge is 0.220 e. The van der Waals surface area contributed by atoms with Crippen LogP contribution in [0.1, 0.15) is 42.6 Å². The number of benzene rings is 1. The fourth-order valence-electron chi connectivity index (χ4n) is 4.06. The van der Waals surface area contributed by atoms with E-state index in [9.17, 15) is 4.79 Å². The fourth-order valence-corrected chi connectivity index (χ4v) is 4.06. The van der Waals surface area contributed by atoms with E-state index in [4.69, 9.17) is 9.47 Å². The minimum atomic E-state index is 0.0883. The lowest BCUT2D eigenvalue weighted by Gasteiger charge is -2.32. The van der Waals surface area contributed by atoms with Gasteiger partial charge in [-0.15, -0.1) is 0 Å². The Bertz CT molecular complexity index is 840. The van der Waals surface area contributed by atoms with Crippen LogP contribution in [-0.4, -0.2) is 43.1 Å². The average molecular weight is 412 g/mol. The number of amides is 1. The van der Waals surface area contributed by atoms with Crippen LogP contribution < -0.4 is 14.8 Å². The van der Waals surface area contributed by atoms with Crippen LogP contribution in [0.2, 0.25) is 0 Å². The van der Waals surface area contributed by atoms with E-state index in [1.165, 1.54) is 12.8 Å². The topological polar surface area (TPSA) is 63.7 Å². The molecule has 2 aromatic rings. The van der Waals surface area contributed by atoms with Crippen molar-refractivity contribution in [2.45, 2.75) is 45.7 Å². The lowest BCUT2D eigenvalue weighted by Crippen LogP contribution is -2.35. The van der Waals surface area contributed by atoms with Gasteiger partial charge in [-0.05, 0) is 62.9 Å². The summed E-state index contributed by atoms with van der Waals surface area (Å²) in [6, 6.07) is 11.8. The maximum atomic E-state index is 12.4. The summed E-state index contributed by atoms with van der Waals surface area (Å²) in [5.41, 5.74) is 3.13. The predicted octanol–water partition coefficient (Wildman–Crippen LogP) is 3.72. The van der Waals surface area contributed by atoms with Gasteiger partial charge in [-0.1, -0.05) is 6.07 Å². The molecule has 162 valence electrons. The monoisotopic (exact) mass is 411 g/mol. The second-order valence-electron chi connectivity index (χ2n) is 8.01. The van der Waals surface area contributed by atoms with Crippen molar-refractivity contribution in [2.75, 3.05) is 27.3 Å². The normalized spacial score (nSPS) is 16.8. The maximum Gasteiger partial charge on any atom is 0.220 e. The molecule has 2 heterocycles. The zero-order chi connectivity index (χ0) is 21.3. The highest BCUT2D eigenvalue weighted by Gasteiger charge is 2.21. The quantitative estimate of drug-likeness (QED) is 0.681. The van der Waals surface area contributed by atoms with Crippen LogP contribution in [0.15, 0.2) is 36.4 Å². The van der Waals surface area contributed by atoms with Crippen LogP contribution >= 0.6 is 0 Å². The molecule has 0 radical (unpaired) electrons. The van der Waals surface area contributed by atoms with E-state index in [1.54, 1.807) is 14.2 Å². The van der Waals surface area contributed by atoms with Gasteiger partial charge in [-0.25, -0.2) is 0 Å². The number of nitrogens with one attached hydrogen (secondary N) is 1. The van der Waals surface area contributed by atoms with Crippen molar-refractivity contribution in [2.24, 2.45) is 5.92 Å². The van der Waals surface area contributed by atoms with Crippen LogP contribution in [0, 0.1) is 12.8 Å². The second kappa shape index (κ2) is 11.0. The molecule has 1 aromatic heterocycles. The lowest BCUT2D eigenvalue weighted by atomic mass is 9.93. The Balaban J connectivity index is 1.43. The molecule has 1 saturated heterocycles. The van der Waals surface area contributed by atoms with Crippen molar-refractivity contribution >= 4 is 5.91 Å². The minimum Gasteiger partial charge on any atom is -0.497 e. The Labute approximate surface area is 179 Å². The zero-order valence-electron chi connectivity index (χ0n) is 18.3. The van der Waals surface area contributed by atoms with E-state index in [0.29, 0.717) is 18.9 Å². The van der Waals surface area contributed by atoms with E-state index >= 15 is 0 Å². The zero-order valence-corrected chi connectivity index (χ0v) is 18.3. The van der Waals surface area contributed by atoms with E-state index < -0.39 is 0 Å². The van der Waals surface area contributed by atoms with Gasteiger partial charge < -0.3 is 14.8 Å². The van der Waals surface area contributed by atoms with Crippen molar-refractivity contribution in [1.82, 2.24) is 15.2 Å². The predicted molar refractivity (Wildman–Crippen MR) is 118 cm³/mol. The Morgan fingerprint density at radius 1 is 1.23 bits per heavy atom. The third kappa shape index (κ3) is 6.46. The summed E-state index contributed by atoms with van der Waals surface area (Å²) in [6.07, 6.45) is 3.85. The molecule has 0 saturated carbocycles. The highest BCUT2D eigenvalue weighted by atomic mass is 16.5. The molecule has 1 aliphatic rings. The molecular weight excluding hydrogens is 378 g/mol. The molecule has 0 aliphatic carbocycles. The molecule has 6 nitrogen and oxygen atoms in total. The van der Waals surface area contributed by atoms with E-state index in [-0.39, 0.29) is 5.91 Å². The van der Waals surface area contributed by atoms with Crippen LogP contribution in [-0.2, 0) is 17.9 Å². The Hall–Kier alpha value is -2.60. The number of pyridine rings is 1. The highest BCUT2D eigenvalue weighted by molar-refractivity contribution is 5.75. The van der Waals surface area contributed by atoms with Crippen LogP contribution in [0.3, 0.4) is 0 Å². The lowest BCUT2D eigenvalue weighted by molar-refractivity contribution is -0.121. The first kappa shape index (κ1) is 22.1. The SMILES string of the molecule is COc1ccc(CNC(=O)CC[C@H]2CCCN(Cc3cccc(C)n3)C2)c(OC)c1. The molecule has 1 aliphatic heterocycles. The number of hydrogen-bond acceptors (Lipinski definition) is 5. The van der Waals surface area contributed by atoms with E-state index in [2.05, 4.69) is 27.3 Å².